The lowest BCUT2D eigenvalue weighted by atomic mass is 10.2. The number of aromatic amines is 1. The fourth-order valence-electron chi connectivity index (χ4n) is 1.38. The maximum atomic E-state index is 9.77. The van der Waals surface area contributed by atoms with Gasteiger partial charge in [-0.3, -0.25) is 0 Å². The van der Waals surface area contributed by atoms with Crippen LogP contribution in [-0.4, -0.2) is 34.6 Å². The summed E-state index contributed by atoms with van der Waals surface area (Å²) >= 11 is 0. The first-order chi connectivity index (χ1) is 6.27. The van der Waals surface area contributed by atoms with Gasteiger partial charge >= 0.3 is 0 Å². The number of hydrogen-bond acceptors (Lipinski definition) is 2. The van der Waals surface area contributed by atoms with Crippen molar-refractivity contribution in [2.24, 2.45) is 0 Å². The Morgan fingerprint density at radius 2 is 2.15 bits per heavy atom. The minimum absolute atomic E-state index is 0.394. The summed E-state index contributed by atoms with van der Waals surface area (Å²) in [7, 11) is 0. The summed E-state index contributed by atoms with van der Waals surface area (Å²) in [6.07, 6.45) is 1.44. The van der Waals surface area contributed by atoms with Crippen LogP contribution < -0.4 is 0 Å². The predicted octanol–water partition coefficient (Wildman–Crippen LogP) is 1.39. The van der Waals surface area contributed by atoms with Crippen LogP contribution in [0.4, 0.5) is 0 Å². The fraction of sp³-hybridized carbons (Fsp3) is 0.600. The van der Waals surface area contributed by atoms with Crippen molar-refractivity contribution in [1.82, 2.24) is 9.88 Å². The highest BCUT2D eigenvalue weighted by Gasteiger charge is 2.10. The Hall–Kier alpha value is -0.800. The van der Waals surface area contributed by atoms with E-state index < -0.39 is 6.10 Å². The first kappa shape index (κ1) is 10.3. The molecule has 0 amide bonds. The number of likely N-dealkylation sites (N-methyl/N-ethyl adjacent to an activating group) is 1. The van der Waals surface area contributed by atoms with Gasteiger partial charge in [-0.05, 0) is 25.2 Å². The van der Waals surface area contributed by atoms with Crippen LogP contribution in [-0.2, 0) is 0 Å². The molecule has 3 heteroatoms. The Morgan fingerprint density at radius 1 is 1.46 bits per heavy atom. The third kappa shape index (κ3) is 2.86. The molecule has 0 spiro atoms. The van der Waals surface area contributed by atoms with Crippen molar-refractivity contribution >= 4 is 0 Å². The van der Waals surface area contributed by atoms with Gasteiger partial charge in [-0.15, -0.1) is 0 Å². The van der Waals surface area contributed by atoms with E-state index in [9.17, 15) is 5.11 Å². The van der Waals surface area contributed by atoms with Crippen LogP contribution in [0.2, 0.25) is 0 Å². The molecule has 1 heterocycles. The second kappa shape index (κ2) is 5.04. The molecular weight excluding hydrogens is 164 g/mol. The van der Waals surface area contributed by atoms with Gasteiger partial charge in [-0.1, -0.05) is 13.8 Å². The van der Waals surface area contributed by atoms with E-state index in [1.807, 2.05) is 18.3 Å². The molecule has 0 saturated heterocycles. The lowest BCUT2D eigenvalue weighted by Gasteiger charge is -2.21. The second-order valence-corrected chi connectivity index (χ2v) is 3.13. The topological polar surface area (TPSA) is 39.3 Å². The Labute approximate surface area is 79.4 Å². The number of aromatic nitrogens is 1. The van der Waals surface area contributed by atoms with Gasteiger partial charge in [0.2, 0.25) is 0 Å². The largest absolute Gasteiger partial charge is 0.386 e. The van der Waals surface area contributed by atoms with E-state index in [1.54, 1.807) is 0 Å². The van der Waals surface area contributed by atoms with E-state index >= 15 is 0 Å². The highest BCUT2D eigenvalue weighted by molar-refractivity contribution is 5.07. The lowest BCUT2D eigenvalue weighted by molar-refractivity contribution is 0.116. The summed E-state index contributed by atoms with van der Waals surface area (Å²) in [6.45, 7) is 6.87. The predicted molar refractivity (Wildman–Crippen MR) is 53.5 cm³/mol. The van der Waals surface area contributed by atoms with Crippen molar-refractivity contribution in [3.8, 4) is 0 Å². The number of rotatable bonds is 5. The van der Waals surface area contributed by atoms with Gasteiger partial charge in [0.15, 0.2) is 0 Å². The Morgan fingerprint density at radius 3 is 2.62 bits per heavy atom. The molecule has 13 heavy (non-hydrogen) atoms. The molecule has 0 aliphatic rings. The summed E-state index contributed by atoms with van der Waals surface area (Å²) in [6, 6.07) is 3.81. The van der Waals surface area contributed by atoms with E-state index in [0.29, 0.717) is 6.54 Å². The summed E-state index contributed by atoms with van der Waals surface area (Å²) in [5.74, 6) is 0. The molecule has 74 valence electrons. The number of hydrogen-bond donors (Lipinski definition) is 2. The third-order valence-corrected chi connectivity index (χ3v) is 2.31. The van der Waals surface area contributed by atoms with Gasteiger partial charge < -0.3 is 15.0 Å². The van der Waals surface area contributed by atoms with Crippen LogP contribution in [0.15, 0.2) is 18.3 Å². The maximum Gasteiger partial charge on any atom is 0.106 e. The quantitative estimate of drug-likeness (QED) is 0.722. The van der Waals surface area contributed by atoms with Gasteiger partial charge in [-0.25, -0.2) is 0 Å². The summed E-state index contributed by atoms with van der Waals surface area (Å²) in [5, 5.41) is 9.77. The van der Waals surface area contributed by atoms with E-state index in [1.165, 1.54) is 0 Å². The first-order valence-electron chi connectivity index (χ1n) is 4.81. The molecule has 0 radical (unpaired) electrons. The lowest BCUT2D eigenvalue weighted by Crippen LogP contribution is -2.28. The molecule has 0 aromatic carbocycles. The molecule has 2 N–H and O–H groups in total. The Kier molecular flexibility index (Phi) is 3.99. The number of H-pyrrole nitrogens is 1. The zero-order valence-electron chi connectivity index (χ0n) is 8.33. The highest BCUT2D eigenvalue weighted by atomic mass is 16.3. The molecule has 1 aromatic heterocycles. The monoisotopic (exact) mass is 182 g/mol. The molecule has 0 saturated carbocycles. The zero-order valence-corrected chi connectivity index (χ0v) is 8.33. The normalized spacial score (nSPS) is 13.5. The maximum absolute atomic E-state index is 9.77. The van der Waals surface area contributed by atoms with Crippen molar-refractivity contribution in [3.63, 3.8) is 0 Å². The minimum Gasteiger partial charge on any atom is -0.386 e. The molecular formula is C10H18N2O. The molecule has 0 aliphatic heterocycles. The van der Waals surface area contributed by atoms with Gasteiger partial charge in [0.25, 0.3) is 0 Å². The first-order valence-corrected chi connectivity index (χ1v) is 4.81. The molecule has 1 rings (SSSR count). The highest BCUT2D eigenvalue weighted by Crippen LogP contribution is 2.10. The van der Waals surface area contributed by atoms with Crippen LogP contribution in [0, 0.1) is 0 Å². The molecule has 1 aromatic rings. The van der Waals surface area contributed by atoms with Crippen LogP contribution in [0.1, 0.15) is 25.6 Å². The minimum atomic E-state index is -0.394. The molecule has 0 aliphatic carbocycles. The van der Waals surface area contributed by atoms with Crippen LogP contribution in [0.25, 0.3) is 0 Å². The fourth-order valence-corrected chi connectivity index (χ4v) is 1.38. The molecule has 1 unspecified atom stereocenters. The zero-order chi connectivity index (χ0) is 9.68. The summed E-state index contributed by atoms with van der Waals surface area (Å²) in [5.41, 5.74) is 0.895. The van der Waals surface area contributed by atoms with Gasteiger partial charge in [0, 0.05) is 18.4 Å². The second-order valence-electron chi connectivity index (χ2n) is 3.13. The standard InChI is InChI=1S/C10H18N2O/c1-3-12(4-2)8-10(13)9-6-5-7-11-9/h5-7,10-11,13H,3-4,8H2,1-2H3. The number of nitrogens with one attached hydrogen (secondary N) is 1. The summed E-state index contributed by atoms with van der Waals surface area (Å²) < 4.78 is 0. The molecule has 0 fully saturated rings. The number of nitrogens with zero attached hydrogens (tertiary/aromatic N) is 1. The average Bonchev–Trinajstić information content (AvgIpc) is 2.66. The van der Waals surface area contributed by atoms with Crippen molar-refractivity contribution < 1.29 is 5.11 Å². The van der Waals surface area contributed by atoms with Crippen molar-refractivity contribution in [2.45, 2.75) is 20.0 Å². The third-order valence-electron chi connectivity index (χ3n) is 2.31. The number of aliphatic hydroxyl groups excluding tert-OH is 1. The van der Waals surface area contributed by atoms with E-state index in [-0.39, 0.29) is 0 Å². The number of aliphatic hydroxyl groups is 1. The van der Waals surface area contributed by atoms with Crippen LogP contribution in [0.3, 0.4) is 0 Å². The van der Waals surface area contributed by atoms with Crippen molar-refractivity contribution in [1.29, 1.82) is 0 Å². The van der Waals surface area contributed by atoms with Gasteiger partial charge in [-0.2, -0.15) is 0 Å². The Balaban J connectivity index is 2.45. The molecule has 1 atom stereocenters. The smallest absolute Gasteiger partial charge is 0.106 e. The van der Waals surface area contributed by atoms with Crippen molar-refractivity contribution in [2.75, 3.05) is 19.6 Å². The van der Waals surface area contributed by atoms with E-state index in [2.05, 4.69) is 23.7 Å². The van der Waals surface area contributed by atoms with Crippen LogP contribution in [0.5, 0.6) is 0 Å². The average molecular weight is 182 g/mol. The SMILES string of the molecule is CCN(CC)CC(O)c1ccc[nH]1. The van der Waals surface area contributed by atoms with Crippen molar-refractivity contribution in [3.05, 3.63) is 24.0 Å². The Bertz CT molecular complexity index is 217. The van der Waals surface area contributed by atoms with Crippen LogP contribution >= 0.6 is 0 Å². The molecule has 0 bridgehead atoms. The van der Waals surface area contributed by atoms with Gasteiger partial charge in [0.1, 0.15) is 6.10 Å². The van der Waals surface area contributed by atoms with E-state index in [0.717, 1.165) is 18.8 Å². The van der Waals surface area contributed by atoms with Gasteiger partial charge in [0.05, 0.1) is 0 Å². The summed E-state index contributed by atoms with van der Waals surface area (Å²) in [4.78, 5) is 5.21. The van der Waals surface area contributed by atoms with E-state index in [4.69, 9.17) is 0 Å². The molecule has 3 nitrogen and oxygen atoms in total.